The number of likely N-dealkylation sites (N-methyl/N-ethyl adjacent to an activating group) is 1. The van der Waals surface area contributed by atoms with Crippen LogP contribution in [0.25, 0.3) is 16.6 Å². The van der Waals surface area contributed by atoms with Crippen LogP contribution in [0.1, 0.15) is 85.1 Å². The molecule has 0 bridgehead atoms. The standard InChI is InChI=1S/C29H36FN5O4/c1-5-20-23(27(31)36)26(39-34-20)22(16-8-6-15(2)7-9-16)28-32-21-11-10-17(24(30)25(21)33-28)19-14-38-13-12-18(19)29(37)35(3)4/h10-11,15-16,22H,5-9,12-14H2,1-4H3,(H2,31,36)(H,32,33)/t15?,16?,22-/m1/s1. The molecule has 1 aliphatic heterocycles. The Morgan fingerprint density at radius 1 is 1.23 bits per heavy atom. The molecule has 0 spiro atoms. The van der Waals surface area contributed by atoms with Gasteiger partial charge in [-0.05, 0) is 48.8 Å². The highest BCUT2D eigenvalue weighted by atomic mass is 19.1. The van der Waals surface area contributed by atoms with E-state index in [2.05, 4.69) is 17.1 Å². The molecule has 10 heteroatoms. The summed E-state index contributed by atoms with van der Waals surface area (Å²) in [7, 11) is 3.36. The molecule has 3 heterocycles. The van der Waals surface area contributed by atoms with Crippen molar-refractivity contribution in [2.75, 3.05) is 27.3 Å². The van der Waals surface area contributed by atoms with Crippen molar-refractivity contribution in [2.45, 2.75) is 58.3 Å². The zero-order valence-electron chi connectivity index (χ0n) is 23.0. The summed E-state index contributed by atoms with van der Waals surface area (Å²) in [4.78, 5) is 34.9. The second-order valence-electron chi connectivity index (χ2n) is 11.0. The number of nitrogens with zero attached hydrogens (tertiary/aromatic N) is 3. The monoisotopic (exact) mass is 537 g/mol. The third-order valence-corrected chi connectivity index (χ3v) is 8.19. The minimum Gasteiger partial charge on any atom is -0.376 e. The zero-order valence-corrected chi connectivity index (χ0v) is 23.0. The first-order chi connectivity index (χ1) is 18.7. The molecule has 3 N–H and O–H groups in total. The van der Waals surface area contributed by atoms with Gasteiger partial charge in [0.1, 0.15) is 16.9 Å². The van der Waals surface area contributed by atoms with Gasteiger partial charge in [-0.3, -0.25) is 9.59 Å². The summed E-state index contributed by atoms with van der Waals surface area (Å²) in [5.41, 5.74) is 8.68. The molecular formula is C29H36FN5O4. The minimum absolute atomic E-state index is 0.124. The quantitative estimate of drug-likeness (QED) is 0.454. The van der Waals surface area contributed by atoms with E-state index in [0.29, 0.717) is 70.4 Å². The second-order valence-corrected chi connectivity index (χ2v) is 11.0. The van der Waals surface area contributed by atoms with Crippen LogP contribution in [0.3, 0.4) is 0 Å². The molecule has 5 rings (SSSR count). The van der Waals surface area contributed by atoms with Crippen LogP contribution in [0.4, 0.5) is 4.39 Å². The number of carbonyl (C=O) groups excluding carboxylic acids is 2. The van der Waals surface area contributed by atoms with Crippen LogP contribution in [0, 0.1) is 17.7 Å². The number of aromatic nitrogens is 3. The number of amides is 2. The third kappa shape index (κ3) is 4.97. The largest absolute Gasteiger partial charge is 0.376 e. The highest BCUT2D eigenvalue weighted by Gasteiger charge is 2.37. The Labute approximate surface area is 226 Å². The number of imidazole rings is 1. The number of carbonyl (C=O) groups is 2. The molecule has 2 aromatic heterocycles. The van der Waals surface area contributed by atoms with Crippen LogP contribution >= 0.6 is 0 Å². The number of nitrogens with two attached hydrogens (primary N) is 1. The van der Waals surface area contributed by atoms with Gasteiger partial charge >= 0.3 is 0 Å². The Hall–Kier alpha value is -3.53. The van der Waals surface area contributed by atoms with Crippen LogP contribution in [-0.4, -0.2) is 59.1 Å². The smallest absolute Gasteiger partial charge is 0.254 e. The molecule has 39 heavy (non-hydrogen) atoms. The van der Waals surface area contributed by atoms with E-state index < -0.39 is 17.6 Å². The van der Waals surface area contributed by atoms with Crippen LogP contribution in [0.5, 0.6) is 0 Å². The summed E-state index contributed by atoms with van der Waals surface area (Å²) < 4.78 is 27.5. The molecule has 3 aromatic rings. The van der Waals surface area contributed by atoms with Crippen molar-refractivity contribution >= 4 is 28.4 Å². The summed E-state index contributed by atoms with van der Waals surface area (Å²) in [6.07, 6.45) is 4.82. The van der Waals surface area contributed by atoms with E-state index in [0.717, 1.165) is 25.7 Å². The second kappa shape index (κ2) is 10.9. The maximum absolute atomic E-state index is 16.1. The zero-order chi connectivity index (χ0) is 27.8. The number of fused-ring (bicyclic) bond motifs is 1. The molecule has 2 aliphatic rings. The van der Waals surface area contributed by atoms with E-state index >= 15 is 4.39 Å². The average molecular weight is 538 g/mol. The molecule has 2 amide bonds. The number of hydrogen-bond donors (Lipinski definition) is 2. The van der Waals surface area contributed by atoms with Gasteiger partial charge in [-0.25, -0.2) is 9.37 Å². The normalized spacial score (nSPS) is 20.8. The molecule has 0 unspecified atom stereocenters. The van der Waals surface area contributed by atoms with Crippen LogP contribution < -0.4 is 5.73 Å². The first-order valence-corrected chi connectivity index (χ1v) is 13.7. The van der Waals surface area contributed by atoms with Gasteiger partial charge in [-0.2, -0.15) is 0 Å². The van der Waals surface area contributed by atoms with E-state index in [1.54, 1.807) is 26.2 Å². The number of aromatic amines is 1. The fraction of sp³-hybridized carbons (Fsp3) is 0.517. The van der Waals surface area contributed by atoms with Gasteiger partial charge in [-0.15, -0.1) is 0 Å². The topological polar surface area (TPSA) is 127 Å². The van der Waals surface area contributed by atoms with Crippen molar-refractivity contribution in [3.05, 3.63) is 51.9 Å². The highest BCUT2D eigenvalue weighted by molar-refractivity contribution is 6.02. The predicted molar refractivity (Wildman–Crippen MR) is 144 cm³/mol. The van der Waals surface area contributed by atoms with Crippen LogP contribution in [-0.2, 0) is 16.0 Å². The number of rotatable bonds is 7. The number of benzene rings is 1. The van der Waals surface area contributed by atoms with Gasteiger partial charge in [0, 0.05) is 31.7 Å². The average Bonchev–Trinajstić information content (AvgIpc) is 3.55. The fourth-order valence-electron chi connectivity index (χ4n) is 6.01. The SMILES string of the molecule is CCc1noc([C@H](c2nc3c(F)c(C4=C(C(=O)N(C)C)CCOC4)ccc3[nH]2)C2CCC(C)CC2)c1C(N)=O. The van der Waals surface area contributed by atoms with Crippen LogP contribution in [0.2, 0.25) is 0 Å². The Balaban J connectivity index is 1.64. The van der Waals surface area contributed by atoms with Crippen molar-refractivity contribution in [2.24, 2.45) is 17.6 Å². The number of H-pyrrole nitrogens is 1. The molecular weight excluding hydrogens is 501 g/mol. The first-order valence-electron chi connectivity index (χ1n) is 13.7. The fourth-order valence-corrected chi connectivity index (χ4v) is 6.01. The maximum atomic E-state index is 16.1. The molecule has 1 saturated carbocycles. The molecule has 1 aromatic carbocycles. The van der Waals surface area contributed by atoms with Crippen LogP contribution in [0.15, 0.2) is 22.2 Å². The predicted octanol–water partition coefficient (Wildman–Crippen LogP) is 4.57. The lowest BCUT2D eigenvalue weighted by molar-refractivity contribution is -0.125. The van der Waals surface area contributed by atoms with E-state index in [1.165, 1.54) is 4.90 Å². The summed E-state index contributed by atoms with van der Waals surface area (Å²) in [6.45, 7) is 4.69. The van der Waals surface area contributed by atoms with E-state index in [1.807, 2.05) is 6.92 Å². The molecule has 208 valence electrons. The van der Waals surface area contributed by atoms with E-state index in [9.17, 15) is 9.59 Å². The molecule has 0 saturated heterocycles. The van der Waals surface area contributed by atoms with Gasteiger partial charge in [0.05, 0.1) is 30.3 Å². The number of primary amides is 1. The Bertz CT molecular complexity index is 1430. The van der Waals surface area contributed by atoms with Gasteiger partial charge in [-0.1, -0.05) is 31.8 Å². The molecule has 1 fully saturated rings. The van der Waals surface area contributed by atoms with E-state index in [-0.39, 0.29) is 23.9 Å². The van der Waals surface area contributed by atoms with Gasteiger partial charge in [0.15, 0.2) is 11.6 Å². The summed E-state index contributed by atoms with van der Waals surface area (Å²) >= 11 is 0. The lowest BCUT2D eigenvalue weighted by Gasteiger charge is -2.30. The van der Waals surface area contributed by atoms with Crippen molar-refractivity contribution in [1.29, 1.82) is 0 Å². The molecule has 1 aliphatic carbocycles. The maximum Gasteiger partial charge on any atom is 0.254 e. The number of aryl methyl sites for hydroxylation is 1. The number of nitrogens with one attached hydrogen (secondary N) is 1. The van der Waals surface area contributed by atoms with Gasteiger partial charge in [0.25, 0.3) is 5.91 Å². The molecule has 0 radical (unpaired) electrons. The van der Waals surface area contributed by atoms with Gasteiger partial charge in [0.2, 0.25) is 5.91 Å². The third-order valence-electron chi connectivity index (χ3n) is 8.19. The van der Waals surface area contributed by atoms with E-state index in [4.69, 9.17) is 20.0 Å². The summed E-state index contributed by atoms with van der Waals surface area (Å²) in [6, 6.07) is 3.44. The van der Waals surface area contributed by atoms with Gasteiger partial charge < -0.3 is 24.9 Å². The Morgan fingerprint density at radius 2 is 1.97 bits per heavy atom. The number of hydrogen-bond acceptors (Lipinski definition) is 6. The number of ether oxygens (including phenoxy) is 1. The lowest BCUT2D eigenvalue weighted by Crippen LogP contribution is -2.27. The molecule has 1 atom stereocenters. The van der Waals surface area contributed by atoms with Crippen molar-refractivity contribution < 1.29 is 23.2 Å². The summed E-state index contributed by atoms with van der Waals surface area (Å²) in [5, 5.41) is 4.15. The molecule has 9 nitrogen and oxygen atoms in total. The lowest BCUT2D eigenvalue weighted by atomic mass is 9.74. The Kier molecular flexibility index (Phi) is 7.57. The number of halogens is 1. The van der Waals surface area contributed by atoms with Crippen molar-refractivity contribution in [1.82, 2.24) is 20.0 Å². The van der Waals surface area contributed by atoms with Crippen molar-refractivity contribution in [3.63, 3.8) is 0 Å². The minimum atomic E-state index is -0.593. The van der Waals surface area contributed by atoms with Crippen molar-refractivity contribution in [3.8, 4) is 0 Å². The summed E-state index contributed by atoms with van der Waals surface area (Å²) in [5.74, 6) is -0.0507. The Morgan fingerprint density at radius 3 is 2.64 bits per heavy atom. The first kappa shape index (κ1) is 27.1. The highest BCUT2D eigenvalue weighted by Crippen LogP contribution is 2.43.